The molecule has 3 aromatic rings. The van der Waals surface area contributed by atoms with E-state index in [1.54, 1.807) is 16.0 Å². The number of benzene rings is 1. The first-order chi connectivity index (χ1) is 10.7. The number of anilines is 1. The molecule has 1 aromatic carbocycles. The number of nitrogens with one attached hydrogen (secondary N) is 2. The van der Waals surface area contributed by atoms with Crippen LogP contribution in [0.2, 0.25) is 0 Å². The summed E-state index contributed by atoms with van der Waals surface area (Å²) in [6.45, 7) is 2.47. The molecule has 0 spiro atoms. The summed E-state index contributed by atoms with van der Waals surface area (Å²) in [5.41, 5.74) is 2.51. The Morgan fingerprint density at radius 3 is 3.00 bits per heavy atom. The van der Waals surface area contributed by atoms with E-state index in [-0.39, 0.29) is 6.03 Å². The zero-order chi connectivity index (χ0) is 15.4. The van der Waals surface area contributed by atoms with Crippen LogP contribution in [0.25, 0.3) is 5.69 Å². The fourth-order valence-electron chi connectivity index (χ4n) is 1.96. The summed E-state index contributed by atoms with van der Waals surface area (Å²) in [5, 5.41) is 18.7. The Kier molecular flexibility index (Phi) is 4.10. The average Bonchev–Trinajstić information content (AvgIpc) is 3.20. The predicted octanol–water partition coefficient (Wildman–Crippen LogP) is 2.35. The Balaban J connectivity index is 1.67. The Hall–Kier alpha value is -2.74. The number of urea groups is 1. The SMILES string of the molecule is Cc1ccc(NC(=O)NCc2cccs2)cc1-n1cnnn1. The minimum atomic E-state index is -0.250. The summed E-state index contributed by atoms with van der Waals surface area (Å²) in [6.07, 6.45) is 1.52. The van der Waals surface area contributed by atoms with Gasteiger partial charge in [-0.25, -0.2) is 9.48 Å². The molecule has 0 aliphatic carbocycles. The van der Waals surface area contributed by atoms with Gasteiger partial charge in [-0.3, -0.25) is 0 Å². The van der Waals surface area contributed by atoms with E-state index in [0.29, 0.717) is 12.2 Å². The fourth-order valence-corrected chi connectivity index (χ4v) is 2.61. The standard InChI is InChI=1S/C14H14N6OS/c1-10-4-5-11(7-13(10)20-9-16-18-19-20)17-14(21)15-8-12-3-2-6-22-12/h2-7,9H,8H2,1H3,(H2,15,17,21). The van der Waals surface area contributed by atoms with Gasteiger partial charge in [-0.05, 0) is 46.5 Å². The van der Waals surface area contributed by atoms with Crippen LogP contribution >= 0.6 is 11.3 Å². The third-order valence-corrected chi connectivity index (χ3v) is 3.94. The Morgan fingerprint density at radius 2 is 2.27 bits per heavy atom. The van der Waals surface area contributed by atoms with E-state index >= 15 is 0 Å². The van der Waals surface area contributed by atoms with Gasteiger partial charge in [0.25, 0.3) is 0 Å². The second-order valence-corrected chi connectivity index (χ2v) is 5.67. The normalized spacial score (nSPS) is 10.4. The van der Waals surface area contributed by atoms with E-state index in [0.717, 1.165) is 16.1 Å². The minimum absolute atomic E-state index is 0.250. The first kappa shape index (κ1) is 14.2. The van der Waals surface area contributed by atoms with Gasteiger partial charge in [0, 0.05) is 10.6 Å². The van der Waals surface area contributed by atoms with Gasteiger partial charge in [0.2, 0.25) is 0 Å². The molecule has 0 aliphatic rings. The molecule has 22 heavy (non-hydrogen) atoms. The maximum absolute atomic E-state index is 11.9. The van der Waals surface area contributed by atoms with Crippen molar-refractivity contribution in [2.75, 3.05) is 5.32 Å². The maximum atomic E-state index is 11.9. The van der Waals surface area contributed by atoms with Gasteiger partial charge in [0.15, 0.2) is 0 Å². The lowest BCUT2D eigenvalue weighted by Crippen LogP contribution is -2.27. The highest BCUT2D eigenvalue weighted by Crippen LogP contribution is 2.18. The van der Waals surface area contributed by atoms with Gasteiger partial charge < -0.3 is 10.6 Å². The third-order valence-electron chi connectivity index (χ3n) is 3.07. The monoisotopic (exact) mass is 314 g/mol. The van der Waals surface area contributed by atoms with Crippen LogP contribution in [0.3, 0.4) is 0 Å². The van der Waals surface area contributed by atoms with Crippen molar-refractivity contribution in [1.29, 1.82) is 0 Å². The molecule has 0 unspecified atom stereocenters. The molecule has 2 N–H and O–H groups in total. The lowest BCUT2D eigenvalue weighted by molar-refractivity contribution is 0.252. The van der Waals surface area contributed by atoms with Crippen LogP contribution in [0, 0.1) is 6.92 Å². The van der Waals surface area contributed by atoms with Crippen LogP contribution in [0.15, 0.2) is 42.0 Å². The van der Waals surface area contributed by atoms with E-state index in [4.69, 9.17) is 0 Å². The molecule has 8 heteroatoms. The number of aryl methyl sites for hydroxylation is 1. The molecule has 2 aromatic heterocycles. The quantitative estimate of drug-likeness (QED) is 0.774. The number of carbonyl (C=O) groups is 1. The molecule has 7 nitrogen and oxygen atoms in total. The van der Waals surface area contributed by atoms with E-state index in [1.165, 1.54) is 6.33 Å². The lowest BCUT2D eigenvalue weighted by Gasteiger charge is -2.10. The number of thiophene rings is 1. The fraction of sp³-hybridized carbons (Fsp3) is 0.143. The van der Waals surface area contributed by atoms with Crippen molar-refractivity contribution in [1.82, 2.24) is 25.5 Å². The molecular weight excluding hydrogens is 300 g/mol. The van der Waals surface area contributed by atoms with Crippen molar-refractivity contribution in [3.05, 3.63) is 52.5 Å². The number of carbonyl (C=O) groups excluding carboxylic acids is 1. The topological polar surface area (TPSA) is 84.7 Å². The van der Waals surface area contributed by atoms with E-state index in [9.17, 15) is 4.79 Å². The molecule has 0 bridgehead atoms. The summed E-state index contributed by atoms with van der Waals surface area (Å²) in [7, 11) is 0. The molecule has 3 rings (SSSR count). The highest BCUT2D eigenvalue weighted by molar-refractivity contribution is 7.09. The predicted molar refractivity (Wildman–Crippen MR) is 84.1 cm³/mol. The smallest absolute Gasteiger partial charge is 0.319 e. The molecule has 0 atom stereocenters. The van der Waals surface area contributed by atoms with Gasteiger partial charge in [-0.2, -0.15) is 0 Å². The molecule has 0 radical (unpaired) electrons. The molecule has 112 valence electrons. The number of hydrogen-bond acceptors (Lipinski definition) is 5. The van der Waals surface area contributed by atoms with Crippen LogP contribution in [-0.2, 0) is 6.54 Å². The maximum Gasteiger partial charge on any atom is 0.319 e. The molecule has 0 saturated carbocycles. The van der Waals surface area contributed by atoms with E-state index in [1.807, 2.05) is 42.6 Å². The van der Waals surface area contributed by atoms with Crippen LogP contribution in [-0.4, -0.2) is 26.2 Å². The summed E-state index contributed by atoms with van der Waals surface area (Å²) < 4.78 is 1.56. The van der Waals surface area contributed by atoms with Crippen molar-refractivity contribution >= 4 is 23.1 Å². The first-order valence-electron chi connectivity index (χ1n) is 6.63. The van der Waals surface area contributed by atoms with Crippen molar-refractivity contribution in [3.63, 3.8) is 0 Å². The first-order valence-corrected chi connectivity index (χ1v) is 7.51. The third kappa shape index (κ3) is 3.29. The number of aromatic nitrogens is 4. The second-order valence-electron chi connectivity index (χ2n) is 4.64. The zero-order valence-electron chi connectivity index (χ0n) is 11.9. The molecule has 0 aliphatic heterocycles. The molecule has 0 fully saturated rings. The number of rotatable bonds is 4. The highest BCUT2D eigenvalue weighted by atomic mass is 32.1. The van der Waals surface area contributed by atoms with Gasteiger partial charge >= 0.3 is 6.03 Å². The number of amides is 2. The molecule has 2 amide bonds. The lowest BCUT2D eigenvalue weighted by atomic mass is 10.2. The van der Waals surface area contributed by atoms with Gasteiger partial charge in [-0.15, -0.1) is 16.4 Å². The van der Waals surface area contributed by atoms with Crippen LogP contribution in [0.4, 0.5) is 10.5 Å². The summed E-state index contributed by atoms with van der Waals surface area (Å²) in [4.78, 5) is 13.0. The zero-order valence-corrected chi connectivity index (χ0v) is 12.7. The average molecular weight is 314 g/mol. The Labute approximate surface area is 131 Å². The molecule has 2 heterocycles. The Bertz CT molecular complexity index is 754. The van der Waals surface area contributed by atoms with Gasteiger partial charge in [0.05, 0.1) is 12.2 Å². The summed E-state index contributed by atoms with van der Waals surface area (Å²) in [6, 6.07) is 9.26. The number of nitrogens with zero attached hydrogens (tertiary/aromatic N) is 4. The highest BCUT2D eigenvalue weighted by Gasteiger charge is 2.07. The van der Waals surface area contributed by atoms with E-state index < -0.39 is 0 Å². The van der Waals surface area contributed by atoms with Crippen molar-refractivity contribution in [2.45, 2.75) is 13.5 Å². The molecule has 0 saturated heterocycles. The second kappa shape index (κ2) is 6.35. The molecular formula is C14H14N6OS. The van der Waals surface area contributed by atoms with Crippen LogP contribution < -0.4 is 10.6 Å². The van der Waals surface area contributed by atoms with Crippen molar-refractivity contribution in [3.8, 4) is 5.69 Å². The van der Waals surface area contributed by atoms with Gasteiger partial charge in [0.1, 0.15) is 6.33 Å². The van der Waals surface area contributed by atoms with Crippen LogP contribution in [0.5, 0.6) is 0 Å². The largest absolute Gasteiger partial charge is 0.333 e. The summed E-state index contributed by atoms with van der Waals surface area (Å²) in [5.74, 6) is 0. The van der Waals surface area contributed by atoms with Crippen LogP contribution in [0.1, 0.15) is 10.4 Å². The number of hydrogen-bond donors (Lipinski definition) is 2. The summed E-state index contributed by atoms with van der Waals surface area (Å²) >= 11 is 1.61. The van der Waals surface area contributed by atoms with Crippen molar-refractivity contribution < 1.29 is 4.79 Å². The van der Waals surface area contributed by atoms with Crippen molar-refractivity contribution in [2.24, 2.45) is 0 Å². The van der Waals surface area contributed by atoms with E-state index in [2.05, 4.69) is 26.2 Å². The minimum Gasteiger partial charge on any atom is -0.333 e. The van der Waals surface area contributed by atoms with Gasteiger partial charge in [-0.1, -0.05) is 12.1 Å². The number of tetrazole rings is 1. The Morgan fingerprint density at radius 1 is 1.36 bits per heavy atom.